The van der Waals surface area contributed by atoms with Gasteiger partial charge < -0.3 is 29.2 Å². The molecule has 0 aromatic heterocycles. The molecule has 8 nitrogen and oxygen atoms in total. The molecule has 0 aliphatic carbocycles. The Morgan fingerprint density at radius 1 is 1.12 bits per heavy atom. The molecule has 2 amide bonds. The van der Waals surface area contributed by atoms with Crippen molar-refractivity contribution in [3.05, 3.63) is 47.5 Å². The van der Waals surface area contributed by atoms with Gasteiger partial charge in [-0.15, -0.1) is 0 Å². The van der Waals surface area contributed by atoms with Crippen LogP contribution in [-0.4, -0.2) is 57.2 Å². The van der Waals surface area contributed by atoms with Crippen LogP contribution in [0.5, 0.6) is 23.0 Å². The number of ether oxygens (including phenoxy) is 4. The molecule has 0 spiro atoms. The van der Waals surface area contributed by atoms with Crippen LogP contribution < -0.4 is 24.3 Å². The first kappa shape index (κ1) is 21.8. The van der Waals surface area contributed by atoms with Crippen molar-refractivity contribution in [2.45, 2.75) is 19.4 Å². The van der Waals surface area contributed by atoms with Crippen molar-refractivity contribution in [3.63, 3.8) is 0 Å². The molecule has 0 bridgehead atoms. The van der Waals surface area contributed by atoms with Crippen LogP contribution in [0.3, 0.4) is 0 Å². The predicted molar refractivity (Wildman–Crippen MR) is 117 cm³/mol. The largest absolute Gasteiger partial charge is 0.493 e. The summed E-state index contributed by atoms with van der Waals surface area (Å²) in [6.45, 7) is 2.32. The molecule has 2 heterocycles. The van der Waals surface area contributed by atoms with E-state index in [9.17, 15) is 9.59 Å². The van der Waals surface area contributed by atoms with Crippen LogP contribution in [0, 0.1) is 5.92 Å². The van der Waals surface area contributed by atoms with Crippen molar-refractivity contribution in [2.75, 3.05) is 40.5 Å². The fraction of sp³-hybridized carbons (Fsp3) is 0.417. The van der Waals surface area contributed by atoms with Crippen molar-refractivity contribution in [1.29, 1.82) is 0 Å². The topological polar surface area (TPSA) is 86.3 Å². The number of rotatable bonds is 8. The van der Waals surface area contributed by atoms with Gasteiger partial charge in [0, 0.05) is 31.6 Å². The Hall–Kier alpha value is -3.42. The molecule has 2 aromatic carbocycles. The highest BCUT2D eigenvalue weighted by atomic mass is 16.6. The van der Waals surface area contributed by atoms with E-state index < -0.39 is 0 Å². The Morgan fingerprint density at radius 3 is 2.75 bits per heavy atom. The van der Waals surface area contributed by atoms with E-state index in [1.54, 1.807) is 19.1 Å². The van der Waals surface area contributed by atoms with Crippen molar-refractivity contribution >= 4 is 11.8 Å². The van der Waals surface area contributed by atoms with Crippen molar-refractivity contribution in [3.8, 4) is 23.0 Å². The molecular weight excluding hydrogens is 412 g/mol. The number of carbonyl (C=O) groups excluding carboxylic acids is 2. The Labute approximate surface area is 187 Å². The molecule has 170 valence electrons. The number of amides is 2. The number of nitrogens with zero attached hydrogens (tertiary/aromatic N) is 1. The number of hydrogen-bond acceptors (Lipinski definition) is 6. The molecule has 1 fully saturated rings. The standard InChI is InChI=1S/C24H28N2O6/c1-29-19-7-6-16(12-21(19)30-2)8-9-26-15-18(13-22(26)27)24(28)25-14-17-4-3-5-20-23(17)32-11-10-31-20/h3-7,12,18H,8-11,13-15H2,1-2H3,(H,25,28). The summed E-state index contributed by atoms with van der Waals surface area (Å²) in [5, 5.41) is 2.95. The van der Waals surface area contributed by atoms with Crippen LogP contribution in [0.15, 0.2) is 36.4 Å². The molecule has 0 radical (unpaired) electrons. The van der Waals surface area contributed by atoms with Crippen molar-refractivity contribution in [1.82, 2.24) is 10.2 Å². The maximum Gasteiger partial charge on any atom is 0.225 e. The summed E-state index contributed by atoms with van der Waals surface area (Å²) in [6, 6.07) is 11.4. The number of fused-ring (bicyclic) bond motifs is 1. The lowest BCUT2D eigenvalue weighted by atomic mass is 10.1. The highest BCUT2D eigenvalue weighted by Gasteiger charge is 2.34. The second-order valence-electron chi connectivity index (χ2n) is 7.84. The molecule has 1 atom stereocenters. The molecule has 1 saturated heterocycles. The van der Waals surface area contributed by atoms with Gasteiger partial charge in [-0.25, -0.2) is 0 Å². The summed E-state index contributed by atoms with van der Waals surface area (Å²) in [6.07, 6.45) is 0.901. The Balaban J connectivity index is 1.30. The molecular formula is C24H28N2O6. The normalized spacial score (nSPS) is 17.2. The number of nitrogens with one attached hydrogen (secondary N) is 1. The molecule has 1 unspecified atom stereocenters. The van der Waals surface area contributed by atoms with E-state index in [2.05, 4.69) is 5.32 Å². The average molecular weight is 440 g/mol. The van der Waals surface area contributed by atoms with E-state index in [1.165, 1.54) is 0 Å². The van der Waals surface area contributed by atoms with E-state index in [1.807, 2.05) is 36.4 Å². The third-order valence-electron chi connectivity index (χ3n) is 5.80. The third kappa shape index (κ3) is 4.74. The van der Waals surface area contributed by atoms with Gasteiger partial charge in [0.15, 0.2) is 23.0 Å². The van der Waals surface area contributed by atoms with Crippen LogP contribution in [0.4, 0.5) is 0 Å². The zero-order chi connectivity index (χ0) is 22.5. The summed E-state index contributed by atoms with van der Waals surface area (Å²) < 4.78 is 21.9. The van der Waals surface area contributed by atoms with Gasteiger partial charge in [0.05, 0.1) is 20.1 Å². The second-order valence-corrected chi connectivity index (χ2v) is 7.84. The number of benzene rings is 2. The first-order valence-corrected chi connectivity index (χ1v) is 10.7. The molecule has 2 aliphatic heterocycles. The van der Waals surface area contributed by atoms with E-state index in [0.717, 1.165) is 11.1 Å². The van der Waals surface area contributed by atoms with Crippen molar-refractivity contribution < 1.29 is 28.5 Å². The van der Waals surface area contributed by atoms with Gasteiger partial charge >= 0.3 is 0 Å². The fourth-order valence-corrected chi connectivity index (χ4v) is 4.06. The molecule has 2 aromatic rings. The second kappa shape index (κ2) is 9.80. The first-order valence-electron chi connectivity index (χ1n) is 10.7. The quantitative estimate of drug-likeness (QED) is 0.677. The van der Waals surface area contributed by atoms with Crippen molar-refractivity contribution in [2.24, 2.45) is 5.92 Å². The number of likely N-dealkylation sites (tertiary alicyclic amines) is 1. The predicted octanol–water partition coefficient (Wildman–Crippen LogP) is 2.18. The van der Waals surface area contributed by atoms with Gasteiger partial charge in [0.2, 0.25) is 11.8 Å². The van der Waals surface area contributed by atoms with Gasteiger partial charge in [-0.2, -0.15) is 0 Å². The molecule has 2 aliphatic rings. The molecule has 32 heavy (non-hydrogen) atoms. The summed E-state index contributed by atoms with van der Waals surface area (Å²) in [4.78, 5) is 26.9. The summed E-state index contributed by atoms with van der Waals surface area (Å²) in [5.41, 5.74) is 1.91. The Kier molecular flexibility index (Phi) is 6.68. The Bertz CT molecular complexity index is 992. The summed E-state index contributed by atoms with van der Waals surface area (Å²) >= 11 is 0. The lowest BCUT2D eigenvalue weighted by Gasteiger charge is -2.21. The minimum atomic E-state index is -0.357. The van der Waals surface area contributed by atoms with E-state index in [4.69, 9.17) is 18.9 Å². The highest BCUT2D eigenvalue weighted by Crippen LogP contribution is 2.33. The maximum atomic E-state index is 12.7. The zero-order valence-electron chi connectivity index (χ0n) is 18.4. The minimum Gasteiger partial charge on any atom is -0.493 e. The molecule has 1 N–H and O–H groups in total. The van der Waals surface area contributed by atoms with E-state index >= 15 is 0 Å². The first-order chi connectivity index (χ1) is 15.6. The monoisotopic (exact) mass is 440 g/mol. The van der Waals surface area contributed by atoms with Crippen LogP contribution in [0.25, 0.3) is 0 Å². The van der Waals surface area contributed by atoms with Gasteiger partial charge in [-0.3, -0.25) is 9.59 Å². The van der Waals surface area contributed by atoms with Gasteiger partial charge in [0.25, 0.3) is 0 Å². The average Bonchev–Trinajstić information content (AvgIpc) is 3.21. The smallest absolute Gasteiger partial charge is 0.225 e. The van der Waals surface area contributed by atoms with Gasteiger partial charge in [-0.05, 0) is 30.2 Å². The number of hydrogen-bond donors (Lipinski definition) is 1. The van der Waals surface area contributed by atoms with Crippen LogP contribution in [-0.2, 0) is 22.6 Å². The number of para-hydroxylation sites is 1. The summed E-state index contributed by atoms with van der Waals surface area (Å²) in [7, 11) is 3.19. The fourth-order valence-electron chi connectivity index (χ4n) is 4.06. The van der Waals surface area contributed by atoms with E-state index in [-0.39, 0.29) is 24.2 Å². The minimum absolute atomic E-state index is 0.000509. The van der Waals surface area contributed by atoms with E-state index in [0.29, 0.717) is 62.3 Å². The Morgan fingerprint density at radius 2 is 1.94 bits per heavy atom. The van der Waals surface area contributed by atoms with Crippen LogP contribution in [0.1, 0.15) is 17.5 Å². The SMILES string of the molecule is COc1ccc(CCN2CC(C(=O)NCc3cccc4c3OCCO4)CC2=O)cc1OC. The van der Waals surface area contributed by atoms with Crippen LogP contribution >= 0.6 is 0 Å². The number of methoxy groups -OCH3 is 2. The molecule has 4 rings (SSSR count). The molecule has 8 heteroatoms. The maximum absolute atomic E-state index is 12.7. The lowest BCUT2D eigenvalue weighted by molar-refractivity contribution is -0.129. The van der Waals surface area contributed by atoms with Gasteiger partial charge in [-0.1, -0.05) is 18.2 Å². The third-order valence-corrected chi connectivity index (χ3v) is 5.80. The summed E-state index contributed by atoms with van der Waals surface area (Å²) in [5.74, 6) is 2.22. The zero-order valence-corrected chi connectivity index (χ0v) is 18.4. The van der Waals surface area contributed by atoms with Crippen LogP contribution in [0.2, 0.25) is 0 Å². The highest BCUT2D eigenvalue weighted by molar-refractivity contribution is 5.89. The number of carbonyl (C=O) groups is 2. The lowest BCUT2D eigenvalue weighted by Crippen LogP contribution is -2.33. The molecule has 0 saturated carbocycles. The van der Waals surface area contributed by atoms with Gasteiger partial charge in [0.1, 0.15) is 13.2 Å².